The lowest BCUT2D eigenvalue weighted by molar-refractivity contribution is -0.113. The summed E-state index contributed by atoms with van der Waals surface area (Å²) in [5.41, 5.74) is 1.50. The Kier molecular flexibility index (Phi) is 6.29. The van der Waals surface area contributed by atoms with Gasteiger partial charge in [-0.1, -0.05) is 29.2 Å². The Hall–Kier alpha value is -2.46. The van der Waals surface area contributed by atoms with Crippen LogP contribution in [-0.4, -0.2) is 39.3 Å². The number of carbonyl (C=O) groups is 1. The molecule has 164 valence electrons. The normalized spacial score (nSPS) is 14.0. The van der Waals surface area contributed by atoms with Crippen LogP contribution in [0, 0.1) is 12.7 Å². The minimum Gasteiger partial charge on any atom is -0.348 e. The van der Waals surface area contributed by atoms with Crippen molar-refractivity contribution in [3.8, 4) is 0 Å². The van der Waals surface area contributed by atoms with E-state index in [2.05, 4.69) is 20.2 Å². The van der Waals surface area contributed by atoms with Crippen molar-refractivity contribution in [2.24, 2.45) is 0 Å². The minimum atomic E-state index is -0.411. The predicted octanol–water partition coefficient (Wildman–Crippen LogP) is 4.21. The van der Waals surface area contributed by atoms with E-state index in [-0.39, 0.29) is 23.3 Å². The van der Waals surface area contributed by atoms with Gasteiger partial charge in [0.15, 0.2) is 15.9 Å². The Balaban J connectivity index is 1.58. The quantitative estimate of drug-likeness (QED) is 0.438. The molecule has 1 amide bonds. The molecular formula is C21H24FN5O2S2. The van der Waals surface area contributed by atoms with Crippen molar-refractivity contribution in [2.75, 3.05) is 29.1 Å². The number of nitrogens with zero attached hydrogens (tertiary/aromatic N) is 4. The molecule has 0 saturated carbocycles. The number of hydrogen-bond acceptors (Lipinski definition) is 7. The van der Waals surface area contributed by atoms with Gasteiger partial charge in [0.1, 0.15) is 10.5 Å². The monoisotopic (exact) mass is 461 g/mol. The summed E-state index contributed by atoms with van der Waals surface area (Å²) in [5.74, 6) is -0.657. The lowest BCUT2D eigenvalue weighted by Gasteiger charge is -2.14. The van der Waals surface area contributed by atoms with Crippen LogP contribution in [0.4, 0.5) is 15.2 Å². The van der Waals surface area contributed by atoms with Crippen LogP contribution in [0.5, 0.6) is 0 Å². The van der Waals surface area contributed by atoms with E-state index < -0.39 is 5.82 Å². The molecule has 1 fully saturated rings. The zero-order valence-corrected chi connectivity index (χ0v) is 19.3. The maximum absolute atomic E-state index is 13.5. The molecule has 1 aromatic carbocycles. The number of aryl methyl sites for hydroxylation is 1. The van der Waals surface area contributed by atoms with E-state index in [1.165, 1.54) is 35.2 Å². The second-order valence-electron chi connectivity index (χ2n) is 7.80. The number of fused-ring (bicyclic) bond motifs is 1. The number of anilines is 2. The molecule has 0 aliphatic carbocycles. The number of thioether (sulfide) groups is 1. The molecule has 4 rings (SSSR count). The molecular weight excluding hydrogens is 437 g/mol. The number of aromatic nitrogens is 3. The van der Waals surface area contributed by atoms with Crippen molar-refractivity contribution >= 4 is 50.2 Å². The Morgan fingerprint density at radius 2 is 2.03 bits per heavy atom. The lowest BCUT2D eigenvalue weighted by atomic mass is 10.2. The highest BCUT2D eigenvalue weighted by Crippen LogP contribution is 2.30. The van der Waals surface area contributed by atoms with E-state index in [1.54, 1.807) is 17.6 Å². The van der Waals surface area contributed by atoms with Crippen LogP contribution in [0.3, 0.4) is 0 Å². The van der Waals surface area contributed by atoms with E-state index >= 15 is 0 Å². The van der Waals surface area contributed by atoms with Crippen LogP contribution in [0.15, 0.2) is 28.2 Å². The Morgan fingerprint density at radius 1 is 1.29 bits per heavy atom. The Labute approximate surface area is 187 Å². The SMILES string of the molecule is Cc1ccc(F)cc1NC(=O)CSc1nc2nc(N3CCCC3)sc2c(=O)n1C(C)C. The first-order valence-electron chi connectivity index (χ1n) is 10.2. The van der Waals surface area contributed by atoms with E-state index in [9.17, 15) is 14.0 Å². The van der Waals surface area contributed by atoms with Gasteiger partial charge in [0, 0.05) is 24.8 Å². The fraction of sp³-hybridized carbons (Fsp3) is 0.429. The molecule has 1 aliphatic heterocycles. The Morgan fingerprint density at radius 3 is 2.74 bits per heavy atom. The highest BCUT2D eigenvalue weighted by atomic mass is 32.2. The molecule has 7 nitrogen and oxygen atoms in total. The van der Waals surface area contributed by atoms with Crippen LogP contribution in [-0.2, 0) is 4.79 Å². The Bertz CT molecular complexity index is 1180. The molecule has 0 atom stereocenters. The maximum atomic E-state index is 13.5. The van der Waals surface area contributed by atoms with E-state index in [4.69, 9.17) is 0 Å². The van der Waals surface area contributed by atoms with Crippen LogP contribution >= 0.6 is 23.1 Å². The van der Waals surface area contributed by atoms with Crippen molar-refractivity contribution in [1.82, 2.24) is 14.5 Å². The number of benzene rings is 1. The first-order valence-corrected chi connectivity index (χ1v) is 12.0. The topological polar surface area (TPSA) is 80.1 Å². The van der Waals surface area contributed by atoms with Crippen LogP contribution in [0.1, 0.15) is 38.3 Å². The number of thiazole rings is 1. The van der Waals surface area contributed by atoms with E-state index in [1.807, 2.05) is 13.8 Å². The first-order chi connectivity index (χ1) is 14.8. The summed E-state index contributed by atoms with van der Waals surface area (Å²) in [5, 5.41) is 4.01. The van der Waals surface area contributed by atoms with E-state index in [0.29, 0.717) is 21.2 Å². The highest BCUT2D eigenvalue weighted by Gasteiger charge is 2.22. The molecule has 0 unspecified atom stereocenters. The zero-order valence-electron chi connectivity index (χ0n) is 17.6. The standard InChI is InChI=1S/C21H24FN5O2S2/c1-12(2)27-19(29)17-18(24-20(31-17)26-8-4-5-9-26)25-21(27)30-11-16(28)23-15-10-14(22)7-6-13(15)3/h6-7,10,12H,4-5,8-9,11H2,1-3H3,(H,23,28). The number of rotatable bonds is 6. The van der Waals surface area contributed by atoms with Gasteiger partial charge in [-0.05, 0) is 51.3 Å². The van der Waals surface area contributed by atoms with Gasteiger partial charge >= 0.3 is 0 Å². The summed E-state index contributed by atoms with van der Waals surface area (Å²) in [6.45, 7) is 7.52. The zero-order chi connectivity index (χ0) is 22.1. The van der Waals surface area contributed by atoms with Gasteiger partial charge in [-0.15, -0.1) is 0 Å². The van der Waals surface area contributed by atoms with Crippen LogP contribution in [0.25, 0.3) is 10.3 Å². The molecule has 3 aromatic rings. The average Bonchev–Trinajstić information content (AvgIpc) is 3.38. The summed E-state index contributed by atoms with van der Waals surface area (Å²) in [4.78, 5) is 37.0. The summed E-state index contributed by atoms with van der Waals surface area (Å²) in [6, 6.07) is 4.15. The van der Waals surface area contributed by atoms with Crippen molar-refractivity contribution in [3.63, 3.8) is 0 Å². The second-order valence-corrected chi connectivity index (χ2v) is 9.72. The third-order valence-electron chi connectivity index (χ3n) is 5.12. The van der Waals surface area contributed by atoms with Gasteiger partial charge in [0.2, 0.25) is 5.91 Å². The molecule has 1 saturated heterocycles. The fourth-order valence-electron chi connectivity index (χ4n) is 3.50. The average molecular weight is 462 g/mol. The summed E-state index contributed by atoms with van der Waals surface area (Å²) >= 11 is 2.57. The van der Waals surface area contributed by atoms with Gasteiger partial charge < -0.3 is 10.2 Å². The lowest BCUT2D eigenvalue weighted by Crippen LogP contribution is -2.25. The summed E-state index contributed by atoms with van der Waals surface area (Å²) in [7, 11) is 0. The van der Waals surface area contributed by atoms with Crippen molar-refractivity contribution in [2.45, 2.75) is 44.8 Å². The maximum Gasteiger partial charge on any atom is 0.274 e. The largest absolute Gasteiger partial charge is 0.348 e. The first kappa shape index (κ1) is 21.8. The molecule has 0 spiro atoms. The van der Waals surface area contributed by atoms with Crippen molar-refractivity contribution in [1.29, 1.82) is 0 Å². The molecule has 10 heteroatoms. The number of hydrogen-bond donors (Lipinski definition) is 1. The van der Waals surface area contributed by atoms with Crippen molar-refractivity contribution < 1.29 is 9.18 Å². The summed E-state index contributed by atoms with van der Waals surface area (Å²) in [6.07, 6.45) is 2.25. The summed E-state index contributed by atoms with van der Waals surface area (Å²) < 4.78 is 15.6. The number of amides is 1. The molecule has 31 heavy (non-hydrogen) atoms. The smallest absolute Gasteiger partial charge is 0.274 e. The van der Waals surface area contributed by atoms with Gasteiger partial charge in [-0.2, -0.15) is 4.98 Å². The molecule has 1 aliphatic rings. The third-order valence-corrected chi connectivity index (χ3v) is 7.16. The third kappa shape index (κ3) is 4.59. The van der Waals surface area contributed by atoms with Gasteiger partial charge in [0.25, 0.3) is 5.56 Å². The number of halogens is 1. The molecule has 0 bridgehead atoms. The van der Waals surface area contributed by atoms with Gasteiger partial charge in [0.05, 0.1) is 5.75 Å². The molecule has 2 aromatic heterocycles. The van der Waals surface area contributed by atoms with Crippen LogP contribution in [0.2, 0.25) is 0 Å². The molecule has 0 radical (unpaired) electrons. The molecule has 3 heterocycles. The number of nitrogens with one attached hydrogen (secondary N) is 1. The highest BCUT2D eigenvalue weighted by molar-refractivity contribution is 7.99. The fourth-order valence-corrected chi connectivity index (χ4v) is 5.41. The minimum absolute atomic E-state index is 0.0454. The van der Waals surface area contributed by atoms with Gasteiger partial charge in [-0.3, -0.25) is 14.2 Å². The van der Waals surface area contributed by atoms with E-state index in [0.717, 1.165) is 36.6 Å². The predicted molar refractivity (Wildman–Crippen MR) is 124 cm³/mol. The number of carbonyl (C=O) groups excluding carboxylic acids is 1. The van der Waals surface area contributed by atoms with Gasteiger partial charge in [-0.25, -0.2) is 9.37 Å². The second kappa shape index (κ2) is 8.96. The van der Waals surface area contributed by atoms with Crippen molar-refractivity contribution in [3.05, 3.63) is 39.9 Å². The van der Waals surface area contributed by atoms with Crippen LogP contribution < -0.4 is 15.8 Å². The molecule has 1 N–H and O–H groups in total.